The van der Waals surface area contributed by atoms with Crippen LogP contribution in [0.1, 0.15) is 5.56 Å². The third-order valence-corrected chi connectivity index (χ3v) is 1.87. The summed E-state index contributed by atoms with van der Waals surface area (Å²) in [4.78, 5) is 17.7. The number of aliphatic hydroxyl groups excluding tert-OH is 1. The van der Waals surface area contributed by atoms with Gasteiger partial charge in [-0.3, -0.25) is 4.79 Å². The van der Waals surface area contributed by atoms with E-state index >= 15 is 0 Å². The lowest BCUT2D eigenvalue weighted by atomic mass is 10.3. The molecule has 0 saturated carbocycles. The summed E-state index contributed by atoms with van der Waals surface area (Å²) in [7, 11) is 0. The van der Waals surface area contributed by atoms with Crippen molar-refractivity contribution in [3.63, 3.8) is 0 Å². The molecule has 0 saturated heterocycles. The van der Waals surface area contributed by atoms with Crippen molar-refractivity contribution < 1.29 is 5.11 Å². The predicted molar refractivity (Wildman–Crippen MR) is 50.6 cm³/mol. The molecule has 1 rings (SSSR count). The van der Waals surface area contributed by atoms with Gasteiger partial charge in [0.15, 0.2) is 5.16 Å². The number of hydrogen-bond acceptors (Lipinski definition) is 4. The molecule has 4 nitrogen and oxygen atoms in total. The van der Waals surface area contributed by atoms with E-state index in [4.69, 9.17) is 5.11 Å². The minimum Gasteiger partial charge on any atom is -0.384 e. The van der Waals surface area contributed by atoms with Crippen LogP contribution in [0.4, 0.5) is 0 Å². The Morgan fingerprint density at radius 1 is 1.77 bits per heavy atom. The first-order valence-electron chi connectivity index (χ1n) is 3.51. The zero-order chi connectivity index (χ0) is 9.68. The molecule has 2 N–H and O–H groups in total. The molecule has 1 aromatic heterocycles. The molecule has 0 aliphatic rings. The molecule has 0 aromatic carbocycles. The lowest BCUT2D eigenvalue weighted by Gasteiger charge is -1.93. The molecular weight excluding hydrogens is 188 g/mol. The maximum Gasteiger partial charge on any atom is 0.267 e. The maximum atomic E-state index is 11.2. The lowest BCUT2D eigenvalue weighted by Crippen LogP contribution is -2.11. The first-order chi connectivity index (χ1) is 6.27. The number of aliphatic hydroxyl groups is 1. The fourth-order valence-corrected chi connectivity index (χ4v) is 1.06. The summed E-state index contributed by atoms with van der Waals surface area (Å²) in [6.07, 6.45) is 3.21. The third-order valence-electron chi connectivity index (χ3n) is 1.27. The van der Waals surface area contributed by atoms with Gasteiger partial charge in [-0.2, -0.15) is 0 Å². The number of thioether (sulfide) groups is 1. The topological polar surface area (TPSA) is 66.0 Å². The summed E-state index contributed by atoms with van der Waals surface area (Å²) in [6, 6.07) is 0. The summed E-state index contributed by atoms with van der Waals surface area (Å²) in [5.41, 5.74) is -0.00727. The van der Waals surface area contributed by atoms with Crippen LogP contribution >= 0.6 is 11.8 Å². The quantitative estimate of drug-likeness (QED) is 0.372. The highest BCUT2D eigenvalue weighted by Gasteiger charge is 1.97. The first kappa shape index (κ1) is 9.84. The molecule has 0 aliphatic carbocycles. The van der Waals surface area contributed by atoms with Gasteiger partial charge < -0.3 is 10.1 Å². The Hall–Kier alpha value is -1.25. The predicted octanol–water partition coefficient (Wildman–Crippen LogP) is -0.164. The average Bonchev–Trinajstić information content (AvgIpc) is 2.16. The van der Waals surface area contributed by atoms with Gasteiger partial charge in [0.1, 0.15) is 12.2 Å². The Morgan fingerprint density at radius 3 is 3.08 bits per heavy atom. The highest BCUT2D eigenvalue weighted by Crippen LogP contribution is 2.03. The lowest BCUT2D eigenvalue weighted by molar-refractivity contribution is 0.350. The first-order valence-corrected chi connectivity index (χ1v) is 4.73. The molecule has 13 heavy (non-hydrogen) atoms. The van der Waals surface area contributed by atoms with E-state index in [1.807, 2.05) is 6.26 Å². The molecule has 0 atom stereocenters. The van der Waals surface area contributed by atoms with Crippen LogP contribution in [0.25, 0.3) is 0 Å². The maximum absolute atomic E-state index is 11.2. The SMILES string of the molecule is CSc1ncc(C#CCO)c(=O)[nH]1. The van der Waals surface area contributed by atoms with E-state index in [1.54, 1.807) is 0 Å². The van der Waals surface area contributed by atoms with E-state index in [-0.39, 0.29) is 17.7 Å². The van der Waals surface area contributed by atoms with Gasteiger partial charge in [0.2, 0.25) is 0 Å². The van der Waals surface area contributed by atoms with Gasteiger partial charge in [0, 0.05) is 0 Å². The Labute approximate surface area is 79.4 Å². The van der Waals surface area contributed by atoms with E-state index in [0.29, 0.717) is 5.16 Å². The van der Waals surface area contributed by atoms with Crippen molar-refractivity contribution in [1.82, 2.24) is 9.97 Å². The van der Waals surface area contributed by atoms with Crippen LogP contribution in [0.3, 0.4) is 0 Å². The standard InChI is InChI=1S/C8H8N2O2S/c1-13-8-9-5-6(3-2-4-11)7(12)10-8/h5,11H,4H2,1H3,(H,9,10,12). The molecule has 0 radical (unpaired) electrons. The highest BCUT2D eigenvalue weighted by atomic mass is 32.2. The Morgan fingerprint density at radius 2 is 2.54 bits per heavy atom. The van der Waals surface area contributed by atoms with Crippen LogP contribution in [-0.4, -0.2) is 27.9 Å². The zero-order valence-corrected chi connectivity index (χ0v) is 7.81. The van der Waals surface area contributed by atoms with Gasteiger partial charge in [0.05, 0.1) is 6.20 Å². The van der Waals surface area contributed by atoms with Gasteiger partial charge >= 0.3 is 0 Å². The number of H-pyrrole nitrogens is 1. The van der Waals surface area contributed by atoms with Crippen molar-refractivity contribution in [3.05, 3.63) is 22.1 Å². The van der Waals surface area contributed by atoms with E-state index in [2.05, 4.69) is 21.8 Å². The van der Waals surface area contributed by atoms with Crippen molar-refractivity contribution in [3.8, 4) is 11.8 Å². The molecule has 0 fully saturated rings. The minimum absolute atomic E-state index is 0.260. The van der Waals surface area contributed by atoms with Crippen molar-refractivity contribution >= 4 is 11.8 Å². The van der Waals surface area contributed by atoms with Gasteiger partial charge in [-0.05, 0) is 6.26 Å². The Kier molecular flexibility index (Phi) is 3.55. The van der Waals surface area contributed by atoms with Gasteiger partial charge in [-0.15, -0.1) is 0 Å². The number of aromatic nitrogens is 2. The molecule has 0 aliphatic heterocycles. The van der Waals surface area contributed by atoms with Crippen LogP contribution < -0.4 is 5.56 Å². The molecule has 0 bridgehead atoms. The fourth-order valence-electron chi connectivity index (χ4n) is 0.706. The second-order valence-electron chi connectivity index (χ2n) is 2.10. The molecule has 5 heteroatoms. The number of hydrogen-bond donors (Lipinski definition) is 2. The third kappa shape index (κ3) is 2.61. The molecule has 68 valence electrons. The summed E-state index contributed by atoms with van der Waals surface area (Å²) in [5, 5.41) is 8.96. The second-order valence-corrected chi connectivity index (χ2v) is 2.89. The highest BCUT2D eigenvalue weighted by molar-refractivity contribution is 7.98. The number of rotatable bonds is 1. The van der Waals surface area contributed by atoms with Crippen molar-refractivity contribution in [1.29, 1.82) is 0 Å². The summed E-state index contributed by atoms with van der Waals surface area (Å²) in [5.74, 6) is 4.88. The molecule has 0 spiro atoms. The van der Waals surface area contributed by atoms with Gasteiger partial charge in [-0.1, -0.05) is 23.6 Å². The smallest absolute Gasteiger partial charge is 0.267 e. The van der Waals surface area contributed by atoms with E-state index in [1.165, 1.54) is 18.0 Å². The van der Waals surface area contributed by atoms with Crippen LogP contribution in [0, 0.1) is 11.8 Å². The Bertz CT molecular complexity index is 403. The monoisotopic (exact) mass is 196 g/mol. The Balaban J connectivity index is 3.06. The van der Waals surface area contributed by atoms with Crippen LogP contribution in [-0.2, 0) is 0 Å². The zero-order valence-electron chi connectivity index (χ0n) is 7.00. The van der Waals surface area contributed by atoms with Crippen LogP contribution in [0.15, 0.2) is 16.1 Å². The molecule has 0 amide bonds. The summed E-state index contributed by atoms with van der Waals surface area (Å²) < 4.78 is 0. The number of aromatic amines is 1. The summed E-state index contributed by atoms with van der Waals surface area (Å²) >= 11 is 1.35. The fraction of sp³-hybridized carbons (Fsp3) is 0.250. The van der Waals surface area contributed by atoms with Crippen molar-refractivity contribution in [2.24, 2.45) is 0 Å². The number of nitrogens with zero attached hydrogens (tertiary/aromatic N) is 1. The molecule has 0 unspecified atom stereocenters. The van der Waals surface area contributed by atoms with Crippen LogP contribution in [0.2, 0.25) is 0 Å². The van der Waals surface area contributed by atoms with Crippen molar-refractivity contribution in [2.45, 2.75) is 5.16 Å². The second kappa shape index (κ2) is 4.70. The molecule has 1 aromatic rings. The van der Waals surface area contributed by atoms with Gasteiger partial charge in [-0.25, -0.2) is 4.98 Å². The van der Waals surface area contributed by atoms with E-state index < -0.39 is 0 Å². The largest absolute Gasteiger partial charge is 0.384 e. The number of nitrogens with one attached hydrogen (secondary N) is 1. The van der Waals surface area contributed by atoms with E-state index in [9.17, 15) is 4.79 Å². The molecule has 1 heterocycles. The van der Waals surface area contributed by atoms with Gasteiger partial charge in [0.25, 0.3) is 5.56 Å². The normalized spacial score (nSPS) is 9.08. The van der Waals surface area contributed by atoms with Crippen molar-refractivity contribution in [2.75, 3.05) is 12.9 Å². The summed E-state index contributed by atoms with van der Waals surface area (Å²) in [6.45, 7) is -0.260. The minimum atomic E-state index is -0.277. The average molecular weight is 196 g/mol. The van der Waals surface area contributed by atoms with Crippen LogP contribution in [0.5, 0.6) is 0 Å². The molecular formula is C8H8N2O2S. The van der Waals surface area contributed by atoms with E-state index in [0.717, 1.165) is 0 Å².